The van der Waals surface area contributed by atoms with Crippen molar-refractivity contribution in [2.45, 2.75) is 12.3 Å². The summed E-state index contributed by atoms with van der Waals surface area (Å²) >= 11 is 5.55. The van der Waals surface area contributed by atoms with Crippen molar-refractivity contribution in [2.24, 2.45) is 0 Å². The van der Waals surface area contributed by atoms with E-state index in [2.05, 4.69) is 0 Å². The van der Waals surface area contributed by atoms with E-state index >= 15 is 0 Å². The van der Waals surface area contributed by atoms with Crippen LogP contribution < -0.4 is 4.90 Å². The number of alkyl halides is 4. The molecule has 98 valence electrons. The SMILES string of the molecule is O=C1OC(CCl)CN1c1cccc(C(F)(F)F)c1. The molecule has 0 saturated carbocycles. The number of anilines is 1. The van der Waals surface area contributed by atoms with Crippen LogP contribution in [-0.2, 0) is 10.9 Å². The van der Waals surface area contributed by atoms with Crippen LogP contribution in [0.15, 0.2) is 24.3 Å². The maximum absolute atomic E-state index is 12.5. The molecule has 1 unspecified atom stereocenters. The third kappa shape index (κ3) is 2.53. The average molecular weight is 280 g/mol. The Hall–Kier alpha value is -1.43. The second kappa shape index (κ2) is 4.68. The summed E-state index contributed by atoms with van der Waals surface area (Å²) in [6, 6.07) is 4.54. The molecule has 0 aliphatic carbocycles. The van der Waals surface area contributed by atoms with Crippen LogP contribution in [0.1, 0.15) is 5.56 Å². The highest BCUT2D eigenvalue weighted by atomic mass is 35.5. The van der Waals surface area contributed by atoms with Crippen LogP contribution in [0, 0.1) is 0 Å². The van der Waals surface area contributed by atoms with E-state index in [9.17, 15) is 18.0 Å². The third-order valence-corrected chi connectivity index (χ3v) is 2.88. The van der Waals surface area contributed by atoms with Gasteiger partial charge in [-0.2, -0.15) is 13.2 Å². The minimum Gasteiger partial charge on any atom is -0.443 e. The highest BCUT2D eigenvalue weighted by Gasteiger charge is 2.34. The lowest BCUT2D eigenvalue weighted by molar-refractivity contribution is -0.137. The standard InChI is InChI=1S/C11H9ClF3NO2/c12-5-9-6-16(10(17)18-9)8-3-1-2-7(4-8)11(13,14)15/h1-4,9H,5-6H2. The molecule has 18 heavy (non-hydrogen) atoms. The summed E-state index contributed by atoms with van der Waals surface area (Å²) in [5.74, 6) is 0.112. The number of carbonyl (C=O) groups excluding carboxylic acids is 1. The van der Waals surface area contributed by atoms with Crippen molar-refractivity contribution in [1.29, 1.82) is 0 Å². The zero-order valence-electron chi connectivity index (χ0n) is 9.08. The first-order chi connectivity index (χ1) is 8.41. The fraction of sp³-hybridized carbons (Fsp3) is 0.364. The van der Waals surface area contributed by atoms with E-state index in [-0.39, 0.29) is 18.1 Å². The van der Waals surface area contributed by atoms with Crippen LogP contribution in [0.3, 0.4) is 0 Å². The number of cyclic esters (lactones) is 1. The van der Waals surface area contributed by atoms with Crippen LogP contribution in [0.4, 0.5) is 23.7 Å². The van der Waals surface area contributed by atoms with Crippen molar-refractivity contribution in [3.63, 3.8) is 0 Å². The van der Waals surface area contributed by atoms with Crippen molar-refractivity contribution in [3.05, 3.63) is 29.8 Å². The molecule has 1 saturated heterocycles. The average Bonchev–Trinajstić information content (AvgIpc) is 2.70. The van der Waals surface area contributed by atoms with E-state index in [4.69, 9.17) is 16.3 Å². The summed E-state index contributed by atoms with van der Waals surface area (Å²) in [5, 5.41) is 0. The molecule has 0 aromatic heterocycles. The molecule has 3 nitrogen and oxygen atoms in total. The Bertz CT molecular complexity index is 464. The molecule has 1 fully saturated rings. The fourth-order valence-corrected chi connectivity index (χ4v) is 1.82. The Labute approximate surface area is 106 Å². The van der Waals surface area contributed by atoms with Crippen LogP contribution >= 0.6 is 11.6 Å². The lowest BCUT2D eigenvalue weighted by atomic mass is 10.2. The monoisotopic (exact) mass is 279 g/mol. The molecule has 0 bridgehead atoms. The van der Waals surface area contributed by atoms with Gasteiger partial charge in [-0.25, -0.2) is 4.79 Å². The number of rotatable bonds is 2. The maximum Gasteiger partial charge on any atom is 0.416 e. The molecule has 7 heteroatoms. The molecular weight excluding hydrogens is 271 g/mol. The van der Waals surface area contributed by atoms with Crippen LogP contribution in [0.5, 0.6) is 0 Å². The molecule has 1 heterocycles. The summed E-state index contributed by atoms with van der Waals surface area (Å²) in [5.41, 5.74) is -0.649. The van der Waals surface area contributed by atoms with E-state index in [1.165, 1.54) is 12.1 Å². The molecule has 0 N–H and O–H groups in total. The first-order valence-corrected chi connectivity index (χ1v) is 5.66. The van der Waals surface area contributed by atoms with Gasteiger partial charge in [-0.3, -0.25) is 4.90 Å². The second-order valence-electron chi connectivity index (χ2n) is 3.82. The number of benzene rings is 1. The van der Waals surface area contributed by atoms with Gasteiger partial charge in [0, 0.05) is 5.69 Å². The molecule has 0 radical (unpaired) electrons. The normalized spacial score (nSPS) is 20.1. The fourth-order valence-electron chi connectivity index (χ4n) is 1.66. The number of ether oxygens (including phenoxy) is 1. The Morgan fingerprint density at radius 2 is 2.17 bits per heavy atom. The Kier molecular flexibility index (Phi) is 3.38. The van der Waals surface area contributed by atoms with Gasteiger partial charge in [0.2, 0.25) is 0 Å². The highest BCUT2D eigenvalue weighted by Crippen LogP contribution is 2.32. The molecule has 0 spiro atoms. The van der Waals surface area contributed by atoms with Crippen LogP contribution in [0.2, 0.25) is 0 Å². The molecule has 1 aliphatic rings. The lowest BCUT2D eigenvalue weighted by Crippen LogP contribution is -2.25. The summed E-state index contributed by atoms with van der Waals surface area (Å²) in [6.45, 7) is 0.156. The Morgan fingerprint density at radius 1 is 1.44 bits per heavy atom. The van der Waals surface area contributed by atoms with E-state index in [1.54, 1.807) is 0 Å². The summed E-state index contributed by atoms with van der Waals surface area (Å²) < 4.78 is 42.5. The van der Waals surface area contributed by atoms with Crippen molar-refractivity contribution >= 4 is 23.4 Å². The summed E-state index contributed by atoms with van der Waals surface area (Å²) in [4.78, 5) is 12.6. The Balaban J connectivity index is 2.27. The molecule has 1 amide bonds. The number of amides is 1. The highest BCUT2D eigenvalue weighted by molar-refractivity contribution is 6.18. The first kappa shape index (κ1) is 13.0. The topological polar surface area (TPSA) is 29.5 Å². The van der Waals surface area contributed by atoms with Crippen molar-refractivity contribution in [1.82, 2.24) is 0 Å². The quantitative estimate of drug-likeness (QED) is 0.778. The zero-order valence-corrected chi connectivity index (χ0v) is 9.83. The maximum atomic E-state index is 12.5. The molecule has 1 aliphatic heterocycles. The van der Waals surface area contributed by atoms with E-state index in [0.29, 0.717) is 0 Å². The van der Waals surface area contributed by atoms with Gasteiger partial charge in [0.05, 0.1) is 18.0 Å². The Morgan fingerprint density at radius 3 is 2.72 bits per heavy atom. The van der Waals surface area contributed by atoms with Gasteiger partial charge in [0.25, 0.3) is 0 Å². The molecule has 1 atom stereocenters. The number of hydrogen-bond acceptors (Lipinski definition) is 2. The van der Waals surface area contributed by atoms with Crippen LogP contribution in [0.25, 0.3) is 0 Å². The minimum absolute atomic E-state index is 0.112. The number of halogens is 4. The van der Waals surface area contributed by atoms with Gasteiger partial charge in [-0.1, -0.05) is 6.07 Å². The lowest BCUT2D eigenvalue weighted by Gasteiger charge is -2.15. The van der Waals surface area contributed by atoms with Crippen LogP contribution in [-0.4, -0.2) is 24.6 Å². The predicted octanol–water partition coefficient (Wildman–Crippen LogP) is 3.27. The first-order valence-electron chi connectivity index (χ1n) is 5.13. The van der Waals surface area contributed by atoms with E-state index in [0.717, 1.165) is 17.0 Å². The molecule has 1 aromatic carbocycles. The molecule has 1 aromatic rings. The van der Waals surface area contributed by atoms with Gasteiger partial charge >= 0.3 is 12.3 Å². The number of carbonyl (C=O) groups is 1. The third-order valence-electron chi connectivity index (χ3n) is 2.53. The second-order valence-corrected chi connectivity index (χ2v) is 4.13. The van der Waals surface area contributed by atoms with Gasteiger partial charge in [0.15, 0.2) is 0 Å². The number of nitrogens with zero attached hydrogens (tertiary/aromatic N) is 1. The largest absolute Gasteiger partial charge is 0.443 e. The van der Waals surface area contributed by atoms with Gasteiger partial charge < -0.3 is 4.74 Å². The molecule has 2 rings (SSSR count). The minimum atomic E-state index is -4.44. The van der Waals surface area contributed by atoms with E-state index < -0.39 is 23.9 Å². The van der Waals surface area contributed by atoms with Gasteiger partial charge in [0.1, 0.15) is 6.10 Å². The predicted molar refractivity (Wildman–Crippen MR) is 59.8 cm³/mol. The van der Waals surface area contributed by atoms with Crippen molar-refractivity contribution < 1.29 is 22.7 Å². The smallest absolute Gasteiger partial charge is 0.416 e. The molecular formula is C11H9ClF3NO2. The zero-order chi connectivity index (χ0) is 13.3. The number of hydrogen-bond donors (Lipinski definition) is 0. The van der Waals surface area contributed by atoms with Gasteiger partial charge in [-0.05, 0) is 18.2 Å². The van der Waals surface area contributed by atoms with Crippen molar-refractivity contribution in [3.8, 4) is 0 Å². The summed E-state index contributed by atoms with van der Waals surface area (Å²) in [7, 11) is 0. The summed E-state index contributed by atoms with van der Waals surface area (Å²) in [6.07, 6.45) is -5.61. The van der Waals surface area contributed by atoms with Crippen molar-refractivity contribution in [2.75, 3.05) is 17.3 Å². The van der Waals surface area contributed by atoms with Gasteiger partial charge in [-0.15, -0.1) is 11.6 Å². The van der Waals surface area contributed by atoms with E-state index in [1.807, 2.05) is 0 Å².